The molecule has 1 saturated carbocycles. The van der Waals surface area contributed by atoms with Crippen LogP contribution in [0.25, 0.3) is 0 Å². The van der Waals surface area contributed by atoms with Gasteiger partial charge < -0.3 is 5.32 Å². The molecule has 1 heteroatoms. The van der Waals surface area contributed by atoms with E-state index in [2.05, 4.69) is 56.5 Å². The predicted molar refractivity (Wildman–Crippen MR) is 69.6 cm³/mol. The molecule has 0 aromatic heterocycles. The van der Waals surface area contributed by atoms with Crippen LogP contribution in [-0.2, 0) is 5.41 Å². The highest BCUT2D eigenvalue weighted by molar-refractivity contribution is 5.29. The van der Waals surface area contributed by atoms with E-state index < -0.39 is 0 Å². The number of benzene rings is 1. The molecule has 0 atom stereocenters. The Morgan fingerprint density at radius 2 is 1.88 bits per heavy atom. The molecule has 1 fully saturated rings. The van der Waals surface area contributed by atoms with Gasteiger partial charge in [-0.25, -0.2) is 0 Å². The zero-order valence-electron chi connectivity index (χ0n) is 10.7. The maximum atomic E-state index is 3.37. The lowest BCUT2D eigenvalue weighted by Gasteiger charge is -2.50. The largest absolute Gasteiger partial charge is 0.319 e. The van der Waals surface area contributed by atoms with E-state index in [-0.39, 0.29) is 0 Å². The summed E-state index contributed by atoms with van der Waals surface area (Å²) in [6, 6.07) is 11.0. The Labute approximate surface area is 99.3 Å². The standard InChI is InChI=1S/C15H23N/c1-12(2)13-9-15(10-13,11-16-3)14-7-5-4-6-8-14/h4-8,12-13,16H,9-11H2,1-3H3. The minimum Gasteiger partial charge on any atom is -0.319 e. The Morgan fingerprint density at radius 3 is 2.38 bits per heavy atom. The molecule has 1 N–H and O–H groups in total. The molecule has 0 bridgehead atoms. The molecule has 88 valence electrons. The molecule has 0 aliphatic heterocycles. The van der Waals surface area contributed by atoms with Crippen molar-refractivity contribution < 1.29 is 0 Å². The fraction of sp³-hybridized carbons (Fsp3) is 0.600. The van der Waals surface area contributed by atoms with Gasteiger partial charge >= 0.3 is 0 Å². The van der Waals surface area contributed by atoms with Crippen molar-refractivity contribution >= 4 is 0 Å². The molecular formula is C15H23N. The third kappa shape index (κ3) is 2.01. The van der Waals surface area contributed by atoms with Crippen LogP contribution in [0.5, 0.6) is 0 Å². The van der Waals surface area contributed by atoms with E-state index >= 15 is 0 Å². The van der Waals surface area contributed by atoms with E-state index in [9.17, 15) is 0 Å². The lowest BCUT2D eigenvalue weighted by molar-refractivity contribution is 0.0996. The summed E-state index contributed by atoms with van der Waals surface area (Å²) in [7, 11) is 2.06. The molecule has 1 aliphatic rings. The molecule has 1 nitrogen and oxygen atoms in total. The monoisotopic (exact) mass is 217 g/mol. The van der Waals surface area contributed by atoms with Gasteiger partial charge in [-0.3, -0.25) is 0 Å². The fourth-order valence-electron chi connectivity index (χ4n) is 3.03. The van der Waals surface area contributed by atoms with Crippen molar-refractivity contribution in [3.8, 4) is 0 Å². The topological polar surface area (TPSA) is 12.0 Å². The van der Waals surface area contributed by atoms with Gasteiger partial charge in [-0.15, -0.1) is 0 Å². The second-order valence-corrected chi connectivity index (χ2v) is 5.59. The minimum absolute atomic E-state index is 0.408. The van der Waals surface area contributed by atoms with Gasteiger partial charge in [0, 0.05) is 12.0 Å². The number of rotatable bonds is 4. The van der Waals surface area contributed by atoms with Crippen LogP contribution < -0.4 is 5.32 Å². The lowest BCUT2D eigenvalue weighted by atomic mass is 9.56. The Morgan fingerprint density at radius 1 is 1.25 bits per heavy atom. The van der Waals surface area contributed by atoms with Gasteiger partial charge in [0.05, 0.1) is 0 Å². The van der Waals surface area contributed by atoms with Crippen molar-refractivity contribution in [2.24, 2.45) is 11.8 Å². The van der Waals surface area contributed by atoms with Crippen molar-refractivity contribution in [3.63, 3.8) is 0 Å². The lowest BCUT2D eigenvalue weighted by Crippen LogP contribution is -2.49. The van der Waals surface area contributed by atoms with Gasteiger partial charge in [-0.05, 0) is 37.3 Å². The van der Waals surface area contributed by atoms with E-state index in [0.717, 1.165) is 18.4 Å². The summed E-state index contributed by atoms with van der Waals surface area (Å²) in [4.78, 5) is 0. The van der Waals surface area contributed by atoms with Gasteiger partial charge in [0.25, 0.3) is 0 Å². The normalized spacial score (nSPS) is 29.1. The van der Waals surface area contributed by atoms with Crippen molar-refractivity contribution in [2.45, 2.75) is 32.1 Å². The summed E-state index contributed by atoms with van der Waals surface area (Å²) in [5.74, 6) is 1.74. The van der Waals surface area contributed by atoms with E-state index in [4.69, 9.17) is 0 Å². The maximum Gasteiger partial charge on any atom is 0.00831 e. The third-order valence-corrected chi connectivity index (χ3v) is 4.15. The Kier molecular flexibility index (Phi) is 3.34. The molecule has 0 unspecified atom stereocenters. The smallest absolute Gasteiger partial charge is 0.00831 e. The quantitative estimate of drug-likeness (QED) is 0.816. The van der Waals surface area contributed by atoms with Crippen LogP contribution >= 0.6 is 0 Å². The van der Waals surface area contributed by atoms with Crippen LogP contribution in [0.15, 0.2) is 30.3 Å². The molecule has 2 rings (SSSR count). The van der Waals surface area contributed by atoms with Crippen LogP contribution in [0.3, 0.4) is 0 Å². The first-order valence-electron chi connectivity index (χ1n) is 6.38. The fourth-order valence-corrected chi connectivity index (χ4v) is 3.03. The summed E-state index contributed by atoms with van der Waals surface area (Å²) < 4.78 is 0. The average molecular weight is 217 g/mol. The Balaban J connectivity index is 2.14. The summed E-state index contributed by atoms with van der Waals surface area (Å²) in [5, 5.41) is 3.37. The maximum absolute atomic E-state index is 3.37. The average Bonchev–Trinajstić information content (AvgIpc) is 2.23. The van der Waals surface area contributed by atoms with Gasteiger partial charge in [0.1, 0.15) is 0 Å². The van der Waals surface area contributed by atoms with E-state index in [1.807, 2.05) is 0 Å². The number of likely N-dealkylation sites (N-methyl/N-ethyl adjacent to an activating group) is 1. The van der Waals surface area contributed by atoms with Gasteiger partial charge in [0.2, 0.25) is 0 Å². The van der Waals surface area contributed by atoms with Crippen molar-refractivity contribution in [1.82, 2.24) is 5.32 Å². The molecule has 0 saturated heterocycles. The van der Waals surface area contributed by atoms with Crippen LogP contribution in [0.4, 0.5) is 0 Å². The third-order valence-electron chi connectivity index (χ3n) is 4.15. The van der Waals surface area contributed by atoms with Crippen LogP contribution in [0.1, 0.15) is 32.3 Å². The molecule has 16 heavy (non-hydrogen) atoms. The minimum atomic E-state index is 0.408. The highest BCUT2D eigenvalue weighted by Gasteiger charge is 2.45. The van der Waals surface area contributed by atoms with Gasteiger partial charge in [-0.2, -0.15) is 0 Å². The zero-order chi connectivity index (χ0) is 11.6. The predicted octanol–water partition coefficient (Wildman–Crippen LogP) is 3.21. The van der Waals surface area contributed by atoms with Crippen molar-refractivity contribution in [2.75, 3.05) is 13.6 Å². The first-order valence-corrected chi connectivity index (χ1v) is 6.38. The number of hydrogen-bond acceptors (Lipinski definition) is 1. The van der Waals surface area contributed by atoms with Crippen LogP contribution in [-0.4, -0.2) is 13.6 Å². The number of nitrogens with one attached hydrogen (secondary N) is 1. The van der Waals surface area contributed by atoms with E-state index in [1.165, 1.54) is 18.4 Å². The van der Waals surface area contributed by atoms with Crippen LogP contribution in [0, 0.1) is 11.8 Å². The summed E-state index contributed by atoms with van der Waals surface area (Å²) >= 11 is 0. The second-order valence-electron chi connectivity index (χ2n) is 5.59. The second kappa shape index (κ2) is 4.58. The number of hydrogen-bond donors (Lipinski definition) is 1. The first kappa shape index (κ1) is 11.7. The summed E-state index contributed by atoms with van der Waals surface area (Å²) in [6.07, 6.45) is 2.69. The van der Waals surface area contributed by atoms with Crippen molar-refractivity contribution in [1.29, 1.82) is 0 Å². The molecule has 0 spiro atoms. The highest BCUT2D eigenvalue weighted by atomic mass is 14.8. The molecule has 0 radical (unpaired) electrons. The molecule has 0 heterocycles. The van der Waals surface area contributed by atoms with E-state index in [0.29, 0.717) is 5.41 Å². The molecule has 1 aliphatic carbocycles. The van der Waals surface area contributed by atoms with Crippen LogP contribution in [0.2, 0.25) is 0 Å². The SMILES string of the molecule is CNCC1(c2ccccc2)CC(C(C)C)C1. The summed E-state index contributed by atoms with van der Waals surface area (Å²) in [5.41, 5.74) is 1.92. The van der Waals surface area contributed by atoms with Crippen molar-refractivity contribution in [3.05, 3.63) is 35.9 Å². The Hall–Kier alpha value is -0.820. The molecule has 0 amide bonds. The highest BCUT2D eigenvalue weighted by Crippen LogP contribution is 2.50. The summed E-state index contributed by atoms with van der Waals surface area (Å²) in [6.45, 7) is 5.80. The van der Waals surface area contributed by atoms with Gasteiger partial charge in [-0.1, -0.05) is 44.2 Å². The zero-order valence-corrected chi connectivity index (χ0v) is 10.7. The molecule has 1 aromatic carbocycles. The van der Waals surface area contributed by atoms with E-state index in [1.54, 1.807) is 0 Å². The van der Waals surface area contributed by atoms with Gasteiger partial charge in [0.15, 0.2) is 0 Å². The molecular weight excluding hydrogens is 194 g/mol. The first-order chi connectivity index (χ1) is 7.68. The molecule has 1 aromatic rings. The Bertz CT molecular complexity index is 323.